The van der Waals surface area contributed by atoms with E-state index in [1.165, 1.54) is 24.0 Å². The van der Waals surface area contributed by atoms with E-state index in [1.807, 2.05) is 30.1 Å². The minimum Gasteiger partial charge on any atom is -0.341 e. The van der Waals surface area contributed by atoms with E-state index >= 15 is 0 Å². The van der Waals surface area contributed by atoms with Crippen LogP contribution in [-0.2, 0) is 6.42 Å². The van der Waals surface area contributed by atoms with Gasteiger partial charge in [0.2, 0.25) is 0 Å². The zero-order valence-electron chi connectivity index (χ0n) is 15.5. The molecule has 2 aromatic rings. The Morgan fingerprint density at radius 3 is 2.42 bits per heavy atom. The van der Waals surface area contributed by atoms with Crippen molar-refractivity contribution in [3.05, 3.63) is 71.3 Å². The zero-order valence-corrected chi connectivity index (χ0v) is 15.5. The Balaban J connectivity index is 1.43. The molecule has 1 N–H and O–H groups in total. The van der Waals surface area contributed by atoms with Crippen LogP contribution in [0.4, 0.5) is 0 Å². The van der Waals surface area contributed by atoms with Crippen LogP contribution in [0, 0.1) is 17.8 Å². The first-order valence-electron chi connectivity index (χ1n) is 9.80. The lowest BCUT2D eigenvalue weighted by molar-refractivity contribution is 0.0730. The molecule has 1 saturated heterocycles. The molecule has 0 radical (unpaired) electrons. The van der Waals surface area contributed by atoms with Crippen molar-refractivity contribution in [3.8, 4) is 0 Å². The Labute approximate surface area is 156 Å². The maximum atomic E-state index is 13.0. The van der Waals surface area contributed by atoms with Gasteiger partial charge in [0.05, 0.1) is 0 Å². The van der Waals surface area contributed by atoms with Crippen molar-refractivity contribution >= 4 is 5.91 Å². The van der Waals surface area contributed by atoms with Crippen LogP contribution in [0.5, 0.6) is 0 Å². The van der Waals surface area contributed by atoms with Gasteiger partial charge in [0, 0.05) is 19.2 Å². The lowest BCUT2D eigenvalue weighted by Gasteiger charge is -2.34. The molecule has 3 nitrogen and oxygen atoms in total. The summed E-state index contributed by atoms with van der Waals surface area (Å²) < 4.78 is 0. The monoisotopic (exact) mass is 348 g/mol. The van der Waals surface area contributed by atoms with Crippen molar-refractivity contribution in [2.75, 3.05) is 26.7 Å². The summed E-state index contributed by atoms with van der Waals surface area (Å²) in [6.45, 7) is 3.13. The largest absolute Gasteiger partial charge is 0.341 e. The zero-order chi connectivity index (χ0) is 17.9. The normalized spacial score (nSPS) is 24.4. The molecule has 1 saturated carbocycles. The van der Waals surface area contributed by atoms with Gasteiger partial charge in [-0.15, -0.1) is 0 Å². The highest BCUT2D eigenvalue weighted by atomic mass is 16.2. The number of nitrogens with zero attached hydrogens (tertiary/aromatic N) is 1. The second-order valence-corrected chi connectivity index (χ2v) is 7.97. The Kier molecular flexibility index (Phi) is 5.07. The van der Waals surface area contributed by atoms with Crippen molar-refractivity contribution in [2.45, 2.75) is 19.3 Å². The van der Waals surface area contributed by atoms with Gasteiger partial charge in [-0.2, -0.15) is 0 Å². The SMILES string of the molecule is CN(CC1C2CCC1CNC2)C(=O)c1cccc(Cc2ccccc2)c1. The van der Waals surface area contributed by atoms with Crippen molar-refractivity contribution in [1.29, 1.82) is 0 Å². The minimum absolute atomic E-state index is 0.151. The molecule has 2 aromatic carbocycles. The third-order valence-electron chi connectivity index (χ3n) is 6.19. The Bertz CT molecular complexity index is 742. The van der Waals surface area contributed by atoms with Crippen LogP contribution < -0.4 is 5.32 Å². The lowest BCUT2D eigenvalue weighted by Crippen LogP contribution is -2.44. The molecule has 1 heterocycles. The standard InChI is InChI=1S/C23H28N2O/c1-25(16-22-20-10-11-21(22)15-24-14-20)23(26)19-9-5-8-18(13-19)12-17-6-3-2-4-7-17/h2-9,13,20-22,24H,10-12,14-16H2,1H3. The van der Waals surface area contributed by atoms with Gasteiger partial charge in [0.1, 0.15) is 0 Å². The molecule has 136 valence electrons. The minimum atomic E-state index is 0.151. The van der Waals surface area contributed by atoms with Crippen molar-refractivity contribution in [2.24, 2.45) is 17.8 Å². The maximum Gasteiger partial charge on any atom is 0.253 e. The lowest BCUT2D eigenvalue weighted by atomic mass is 9.85. The summed E-state index contributed by atoms with van der Waals surface area (Å²) in [6.07, 6.45) is 3.50. The number of hydrogen-bond acceptors (Lipinski definition) is 2. The smallest absolute Gasteiger partial charge is 0.253 e. The summed E-state index contributed by atoms with van der Waals surface area (Å²) in [7, 11) is 1.97. The van der Waals surface area contributed by atoms with Gasteiger partial charge in [-0.3, -0.25) is 4.79 Å². The van der Waals surface area contributed by atoms with Crippen molar-refractivity contribution < 1.29 is 4.79 Å². The predicted molar refractivity (Wildman–Crippen MR) is 105 cm³/mol. The Morgan fingerprint density at radius 2 is 1.69 bits per heavy atom. The average molecular weight is 348 g/mol. The van der Waals surface area contributed by atoms with Gasteiger partial charge in [0.25, 0.3) is 5.91 Å². The van der Waals surface area contributed by atoms with Gasteiger partial charge in [-0.05, 0) is 73.4 Å². The summed E-state index contributed by atoms with van der Waals surface area (Å²) >= 11 is 0. The second kappa shape index (κ2) is 7.63. The van der Waals surface area contributed by atoms with Gasteiger partial charge in [-0.1, -0.05) is 42.5 Å². The van der Waals surface area contributed by atoms with Gasteiger partial charge in [0.15, 0.2) is 0 Å². The fourth-order valence-electron chi connectivity index (χ4n) is 4.77. The van der Waals surface area contributed by atoms with Crippen molar-refractivity contribution in [3.63, 3.8) is 0 Å². The fourth-order valence-corrected chi connectivity index (χ4v) is 4.77. The van der Waals surface area contributed by atoms with Crippen LogP contribution in [0.15, 0.2) is 54.6 Å². The summed E-state index contributed by atoms with van der Waals surface area (Å²) in [6, 6.07) is 18.5. The van der Waals surface area contributed by atoms with E-state index in [4.69, 9.17) is 0 Å². The second-order valence-electron chi connectivity index (χ2n) is 7.97. The number of carbonyl (C=O) groups is 1. The highest BCUT2D eigenvalue weighted by molar-refractivity contribution is 5.94. The summed E-state index contributed by atoms with van der Waals surface area (Å²) in [5, 5.41) is 3.54. The molecule has 1 amide bonds. The van der Waals surface area contributed by atoms with Crippen LogP contribution in [0.1, 0.15) is 34.3 Å². The van der Waals surface area contributed by atoms with E-state index in [1.54, 1.807) is 0 Å². The molecule has 26 heavy (non-hydrogen) atoms. The quantitative estimate of drug-likeness (QED) is 0.895. The molecule has 2 atom stereocenters. The first kappa shape index (κ1) is 17.3. The van der Waals surface area contributed by atoms with Crippen molar-refractivity contribution in [1.82, 2.24) is 10.2 Å². The molecule has 2 bridgehead atoms. The topological polar surface area (TPSA) is 32.3 Å². The third-order valence-corrected chi connectivity index (χ3v) is 6.19. The van der Waals surface area contributed by atoms with E-state index in [9.17, 15) is 4.79 Å². The number of carbonyl (C=O) groups excluding carboxylic acids is 1. The number of piperidine rings is 1. The van der Waals surface area contributed by atoms with Gasteiger partial charge in [-0.25, -0.2) is 0 Å². The van der Waals surface area contributed by atoms with Crippen LogP contribution in [-0.4, -0.2) is 37.5 Å². The summed E-state index contributed by atoms with van der Waals surface area (Å²) in [4.78, 5) is 14.9. The molecule has 0 aromatic heterocycles. The van der Waals surface area contributed by atoms with Crippen LogP contribution in [0.3, 0.4) is 0 Å². The first-order chi connectivity index (χ1) is 12.7. The molecule has 0 spiro atoms. The molecule has 3 heteroatoms. The number of fused-ring (bicyclic) bond motifs is 2. The number of amides is 1. The van der Waals surface area contributed by atoms with Crippen LogP contribution in [0.2, 0.25) is 0 Å². The molecular weight excluding hydrogens is 320 g/mol. The summed E-state index contributed by atoms with van der Waals surface area (Å²) in [5.74, 6) is 2.30. The van der Waals surface area contributed by atoms with Crippen LogP contribution in [0.25, 0.3) is 0 Å². The van der Waals surface area contributed by atoms with Gasteiger partial charge >= 0.3 is 0 Å². The molecule has 2 aliphatic rings. The molecule has 1 aliphatic heterocycles. The average Bonchev–Trinajstić information content (AvgIpc) is 2.89. The van der Waals surface area contributed by atoms with E-state index in [0.717, 1.165) is 43.5 Å². The first-order valence-corrected chi connectivity index (χ1v) is 9.80. The molecule has 1 aliphatic carbocycles. The molecule has 2 unspecified atom stereocenters. The summed E-state index contributed by atoms with van der Waals surface area (Å²) in [5.41, 5.74) is 3.27. The molecule has 4 rings (SSSR count). The molecule has 2 fully saturated rings. The van der Waals surface area contributed by atoms with E-state index in [0.29, 0.717) is 5.92 Å². The molecular formula is C23H28N2O. The van der Waals surface area contributed by atoms with Crippen LogP contribution >= 0.6 is 0 Å². The number of benzene rings is 2. The highest BCUT2D eigenvalue weighted by Gasteiger charge is 2.39. The number of hydrogen-bond donors (Lipinski definition) is 1. The van der Waals surface area contributed by atoms with E-state index in [-0.39, 0.29) is 5.91 Å². The van der Waals surface area contributed by atoms with Gasteiger partial charge < -0.3 is 10.2 Å². The third kappa shape index (κ3) is 3.68. The number of nitrogens with one attached hydrogen (secondary N) is 1. The Hall–Kier alpha value is -2.13. The fraction of sp³-hybridized carbons (Fsp3) is 0.435. The highest BCUT2D eigenvalue weighted by Crippen LogP contribution is 2.39. The van der Waals surface area contributed by atoms with E-state index < -0.39 is 0 Å². The number of rotatable bonds is 5. The maximum absolute atomic E-state index is 13.0. The Morgan fingerprint density at radius 1 is 1.00 bits per heavy atom. The van der Waals surface area contributed by atoms with E-state index in [2.05, 4.69) is 41.7 Å². The predicted octanol–water partition coefficient (Wildman–Crippen LogP) is 3.60.